The lowest BCUT2D eigenvalue weighted by Gasteiger charge is -2.40. The summed E-state index contributed by atoms with van der Waals surface area (Å²) in [6.45, 7) is 2.47. The maximum absolute atomic E-state index is 13.8. The van der Waals surface area contributed by atoms with Crippen LogP contribution < -0.4 is 4.74 Å². The maximum atomic E-state index is 13.8. The Morgan fingerprint density at radius 2 is 1.73 bits per heavy atom. The normalized spacial score (nSPS) is 23.0. The number of carbonyl (C=O) groups excluding carboxylic acids is 1. The largest absolute Gasteiger partial charge is 0.488 e. The zero-order valence-electron chi connectivity index (χ0n) is 19.2. The van der Waals surface area contributed by atoms with E-state index in [2.05, 4.69) is 0 Å². The van der Waals surface area contributed by atoms with Gasteiger partial charge in [0.1, 0.15) is 17.7 Å². The Morgan fingerprint density at radius 1 is 1.00 bits per heavy atom. The number of fused-ring (bicyclic) bond motifs is 2. The Morgan fingerprint density at radius 3 is 2.52 bits per heavy atom. The maximum Gasteiger partial charge on any atom is 0.257 e. The van der Waals surface area contributed by atoms with Crippen molar-refractivity contribution in [2.24, 2.45) is 0 Å². The zero-order chi connectivity index (χ0) is 23.6. The van der Waals surface area contributed by atoms with Gasteiger partial charge in [0.05, 0.1) is 16.5 Å². The monoisotopic (exact) mass is 474 g/mol. The lowest BCUT2D eigenvalue weighted by atomic mass is 9.92. The Balaban J connectivity index is 1.76. The highest BCUT2D eigenvalue weighted by Gasteiger charge is 2.39. The predicted molar refractivity (Wildman–Crippen MR) is 124 cm³/mol. The van der Waals surface area contributed by atoms with Crippen molar-refractivity contribution < 1.29 is 22.3 Å². The molecular formula is C25H31FN2O4S. The minimum atomic E-state index is -3.86. The van der Waals surface area contributed by atoms with E-state index in [9.17, 15) is 17.6 Å². The number of hydrogen-bond acceptors (Lipinski definition) is 4. The van der Waals surface area contributed by atoms with Gasteiger partial charge in [-0.1, -0.05) is 18.6 Å². The summed E-state index contributed by atoms with van der Waals surface area (Å²) >= 11 is 0. The van der Waals surface area contributed by atoms with Crippen LogP contribution >= 0.6 is 0 Å². The number of hydrogen-bond donors (Lipinski definition) is 0. The second-order valence-corrected chi connectivity index (χ2v) is 10.8. The van der Waals surface area contributed by atoms with Gasteiger partial charge in [-0.2, -0.15) is 4.31 Å². The highest BCUT2D eigenvalue weighted by atomic mass is 32.2. The molecule has 0 N–H and O–H groups in total. The molecule has 0 bridgehead atoms. The molecule has 178 valence electrons. The van der Waals surface area contributed by atoms with Crippen LogP contribution in [0.5, 0.6) is 5.75 Å². The summed E-state index contributed by atoms with van der Waals surface area (Å²) in [5.74, 6) is -0.0598. The van der Waals surface area contributed by atoms with E-state index in [0.29, 0.717) is 55.6 Å². The van der Waals surface area contributed by atoms with E-state index in [1.807, 2.05) is 12.1 Å². The summed E-state index contributed by atoms with van der Waals surface area (Å²) in [4.78, 5) is 14.8. The fraction of sp³-hybridized carbons (Fsp3) is 0.480. The quantitative estimate of drug-likeness (QED) is 0.648. The molecule has 0 unspecified atom stereocenters. The number of ether oxygens (including phenoxy) is 1. The van der Waals surface area contributed by atoms with E-state index in [1.54, 1.807) is 35.3 Å². The molecule has 33 heavy (non-hydrogen) atoms. The SMILES string of the molecule is Cc1cc(F)ccc1S(=O)(=O)N1CCCCN(C)C(=O)c2ccccc2O[C@H]2CCCC[C@H]21. The molecule has 2 aromatic rings. The van der Waals surface area contributed by atoms with Gasteiger partial charge in [-0.3, -0.25) is 4.79 Å². The minimum absolute atomic E-state index is 0.0926. The van der Waals surface area contributed by atoms with Crippen LogP contribution in [0.3, 0.4) is 0 Å². The smallest absolute Gasteiger partial charge is 0.257 e. The van der Waals surface area contributed by atoms with Crippen LogP contribution in [0.15, 0.2) is 47.4 Å². The van der Waals surface area contributed by atoms with Crippen LogP contribution in [0, 0.1) is 12.7 Å². The summed E-state index contributed by atoms with van der Waals surface area (Å²) < 4.78 is 49.3. The Bertz CT molecular complexity index is 1120. The predicted octanol–water partition coefficient (Wildman–Crippen LogP) is 4.38. The highest BCUT2D eigenvalue weighted by molar-refractivity contribution is 7.89. The molecule has 1 heterocycles. The molecule has 0 aromatic heterocycles. The van der Waals surface area contributed by atoms with E-state index in [1.165, 1.54) is 18.2 Å². The molecule has 1 fully saturated rings. The number of rotatable bonds is 2. The molecule has 2 aromatic carbocycles. The first-order chi connectivity index (χ1) is 15.8. The molecule has 8 heteroatoms. The summed E-state index contributed by atoms with van der Waals surface area (Å²) in [5, 5.41) is 0. The van der Waals surface area contributed by atoms with Crippen LogP contribution in [0.25, 0.3) is 0 Å². The first-order valence-electron chi connectivity index (χ1n) is 11.6. The third-order valence-corrected chi connectivity index (χ3v) is 8.71. The van der Waals surface area contributed by atoms with E-state index in [0.717, 1.165) is 12.8 Å². The molecule has 2 aliphatic rings. The van der Waals surface area contributed by atoms with Gasteiger partial charge in [-0.05, 0) is 74.9 Å². The van der Waals surface area contributed by atoms with Gasteiger partial charge in [0.15, 0.2) is 0 Å². The fourth-order valence-corrected chi connectivity index (χ4v) is 6.80. The van der Waals surface area contributed by atoms with Crippen molar-refractivity contribution in [1.29, 1.82) is 0 Å². The van der Waals surface area contributed by atoms with Crippen molar-refractivity contribution in [3.05, 3.63) is 59.4 Å². The molecule has 0 radical (unpaired) electrons. The molecule has 4 rings (SSSR count). The molecule has 0 spiro atoms. The minimum Gasteiger partial charge on any atom is -0.488 e. The second kappa shape index (κ2) is 9.81. The van der Waals surface area contributed by atoms with Crippen molar-refractivity contribution in [3.63, 3.8) is 0 Å². The van der Waals surface area contributed by atoms with Gasteiger partial charge in [0, 0.05) is 20.1 Å². The topological polar surface area (TPSA) is 66.9 Å². The Hall–Kier alpha value is -2.45. The summed E-state index contributed by atoms with van der Waals surface area (Å²) in [6, 6.07) is 10.6. The van der Waals surface area contributed by atoms with Gasteiger partial charge in [0.25, 0.3) is 5.91 Å². The van der Waals surface area contributed by atoms with Crippen molar-refractivity contribution in [1.82, 2.24) is 9.21 Å². The number of aryl methyl sites for hydroxylation is 1. The fourth-order valence-electron chi connectivity index (χ4n) is 4.87. The van der Waals surface area contributed by atoms with Crippen LogP contribution in [-0.2, 0) is 10.0 Å². The lowest BCUT2D eigenvalue weighted by Crippen LogP contribution is -2.51. The number of carbonyl (C=O) groups is 1. The molecule has 1 aliphatic heterocycles. The first-order valence-corrected chi connectivity index (χ1v) is 13.0. The van der Waals surface area contributed by atoms with Gasteiger partial charge < -0.3 is 9.64 Å². The highest BCUT2D eigenvalue weighted by Crippen LogP contribution is 2.34. The van der Waals surface area contributed by atoms with Crippen LogP contribution in [-0.4, -0.2) is 55.8 Å². The number of halogens is 1. The Labute approximate surface area is 195 Å². The van der Waals surface area contributed by atoms with Gasteiger partial charge in [-0.25, -0.2) is 12.8 Å². The first kappa shape index (κ1) is 23.7. The van der Waals surface area contributed by atoms with Crippen LogP contribution in [0.4, 0.5) is 4.39 Å². The number of para-hydroxylation sites is 1. The molecule has 1 saturated carbocycles. The summed E-state index contributed by atoms with van der Waals surface area (Å²) in [7, 11) is -2.11. The number of benzene rings is 2. The Kier molecular flexibility index (Phi) is 7.05. The lowest BCUT2D eigenvalue weighted by molar-refractivity contribution is 0.0658. The third kappa shape index (κ3) is 4.92. The summed E-state index contributed by atoms with van der Waals surface area (Å²) in [6.07, 6.45) is 4.15. The number of sulfonamides is 1. The molecule has 2 atom stereocenters. The van der Waals surface area contributed by atoms with E-state index >= 15 is 0 Å². The number of amides is 1. The van der Waals surface area contributed by atoms with E-state index in [-0.39, 0.29) is 22.9 Å². The van der Waals surface area contributed by atoms with Crippen molar-refractivity contribution in [2.45, 2.75) is 62.5 Å². The standard InChI is InChI=1S/C25H31FN2O4S/c1-18-17-19(26)13-14-24(18)33(30,31)28-16-8-7-15-27(2)25(29)20-9-3-5-11-22(20)32-23-12-6-4-10-21(23)28/h3,5,9,11,13-14,17,21,23H,4,6-8,10,12,15-16H2,1-2H3/t21-,23+/m1/s1. The molecule has 0 saturated heterocycles. The van der Waals surface area contributed by atoms with Gasteiger partial charge >= 0.3 is 0 Å². The van der Waals surface area contributed by atoms with Crippen molar-refractivity contribution in [2.75, 3.05) is 20.1 Å². The van der Waals surface area contributed by atoms with Crippen LogP contribution in [0.1, 0.15) is 54.4 Å². The zero-order valence-corrected chi connectivity index (χ0v) is 20.0. The molecule has 1 amide bonds. The average Bonchev–Trinajstić information content (AvgIpc) is 2.78. The van der Waals surface area contributed by atoms with Crippen molar-refractivity contribution in [3.8, 4) is 5.75 Å². The van der Waals surface area contributed by atoms with Gasteiger partial charge in [0.2, 0.25) is 10.0 Å². The van der Waals surface area contributed by atoms with Crippen LogP contribution in [0.2, 0.25) is 0 Å². The molecular weight excluding hydrogens is 443 g/mol. The molecule has 1 aliphatic carbocycles. The average molecular weight is 475 g/mol. The van der Waals surface area contributed by atoms with Gasteiger partial charge in [-0.15, -0.1) is 0 Å². The number of nitrogens with zero attached hydrogens (tertiary/aromatic N) is 2. The van der Waals surface area contributed by atoms with E-state index < -0.39 is 15.8 Å². The second-order valence-electron chi connectivity index (χ2n) is 8.96. The van der Waals surface area contributed by atoms with Crippen molar-refractivity contribution >= 4 is 15.9 Å². The molecule has 6 nitrogen and oxygen atoms in total. The summed E-state index contributed by atoms with van der Waals surface area (Å²) in [5.41, 5.74) is 0.888. The third-order valence-electron chi connectivity index (χ3n) is 6.63. The van der Waals surface area contributed by atoms with E-state index in [4.69, 9.17) is 4.74 Å².